The SMILES string of the molecule is CCC(=O)N(C)c1ccc(C(=O)O)cc1N. The second-order valence-electron chi connectivity index (χ2n) is 3.39. The monoisotopic (exact) mass is 222 g/mol. The van der Waals surface area contributed by atoms with Crippen molar-refractivity contribution < 1.29 is 14.7 Å². The summed E-state index contributed by atoms with van der Waals surface area (Å²) in [6.07, 6.45) is 0.372. The van der Waals surface area contributed by atoms with Crippen LogP contribution in [0.1, 0.15) is 23.7 Å². The van der Waals surface area contributed by atoms with Crippen molar-refractivity contribution in [1.82, 2.24) is 0 Å². The van der Waals surface area contributed by atoms with Gasteiger partial charge in [-0.15, -0.1) is 0 Å². The lowest BCUT2D eigenvalue weighted by atomic mass is 10.1. The smallest absolute Gasteiger partial charge is 0.335 e. The lowest BCUT2D eigenvalue weighted by Gasteiger charge is -2.18. The number of anilines is 2. The van der Waals surface area contributed by atoms with Crippen LogP contribution >= 0.6 is 0 Å². The van der Waals surface area contributed by atoms with Crippen molar-refractivity contribution in [2.45, 2.75) is 13.3 Å². The molecule has 5 nitrogen and oxygen atoms in total. The van der Waals surface area contributed by atoms with Crippen LogP contribution in [0.15, 0.2) is 18.2 Å². The van der Waals surface area contributed by atoms with E-state index in [1.54, 1.807) is 14.0 Å². The van der Waals surface area contributed by atoms with Crippen molar-refractivity contribution in [3.05, 3.63) is 23.8 Å². The molecule has 1 aromatic rings. The first kappa shape index (κ1) is 12.0. The Morgan fingerprint density at radius 1 is 1.44 bits per heavy atom. The van der Waals surface area contributed by atoms with Gasteiger partial charge < -0.3 is 15.7 Å². The molecule has 1 rings (SSSR count). The quantitative estimate of drug-likeness (QED) is 0.756. The highest BCUT2D eigenvalue weighted by Gasteiger charge is 2.13. The van der Waals surface area contributed by atoms with Crippen molar-refractivity contribution in [2.75, 3.05) is 17.7 Å². The molecule has 0 aliphatic heterocycles. The van der Waals surface area contributed by atoms with Crippen LogP contribution in [0.3, 0.4) is 0 Å². The van der Waals surface area contributed by atoms with E-state index in [9.17, 15) is 9.59 Å². The zero-order valence-electron chi connectivity index (χ0n) is 9.23. The maximum Gasteiger partial charge on any atom is 0.335 e. The first-order chi connectivity index (χ1) is 7.47. The van der Waals surface area contributed by atoms with E-state index >= 15 is 0 Å². The van der Waals surface area contributed by atoms with Gasteiger partial charge in [-0.3, -0.25) is 4.79 Å². The van der Waals surface area contributed by atoms with E-state index in [0.717, 1.165) is 0 Å². The summed E-state index contributed by atoms with van der Waals surface area (Å²) in [6, 6.07) is 4.30. The van der Waals surface area contributed by atoms with E-state index in [4.69, 9.17) is 10.8 Å². The summed E-state index contributed by atoms with van der Waals surface area (Å²) in [6.45, 7) is 1.75. The number of rotatable bonds is 3. The summed E-state index contributed by atoms with van der Waals surface area (Å²) >= 11 is 0. The Bertz CT molecular complexity index is 429. The zero-order chi connectivity index (χ0) is 12.3. The van der Waals surface area contributed by atoms with E-state index in [-0.39, 0.29) is 17.2 Å². The van der Waals surface area contributed by atoms with Crippen LogP contribution in [0.4, 0.5) is 11.4 Å². The average Bonchev–Trinajstić information content (AvgIpc) is 2.26. The van der Waals surface area contributed by atoms with Gasteiger partial charge in [-0.2, -0.15) is 0 Å². The number of carboxylic acid groups (broad SMARTS) is 1. The third-order valence-corrected chi connectivity index (χ3v) is 2.31. The molecule has 16 heavy (non-hydrogen) atoms. The van der Waals surface area contributed by atoms with Crippen LogP contribution < -0.4 is 10.6 Å². The molecular formula is C11H14N2O3. The number of hydrogen-bond acceptors (Lipinski definition) is 3. The molecule has 3 N–H and O–H groups in total. The molecule has 0 saturated carbocycles. The minimum atomic E-state index is -1.04. The number of nitrogens with zero attached hydrogens (tertiary/aromatic N) is 1. The maximum atomic E-state index is 11.4. The molecule has 0 aromatic heterocycles. The van der Waals surface area contributed by atoms with Crippen molar-refractivity contribution >= 4 is 23.3 Å². The number of carbonyl (C=O) groups excluding carboxylic acids is 1. The molecule has 1 amide bonds. The Kier molecular flexibility index (Phi) is 3.50. The van der Waals surface area contributed by atoms with Crippen molar-refractivity contribution in [1.29, 1.82) is 0 Å². The first-order valence-corrected chi connectivity index (χ1v) is 4.86. The number of nitrogen functional groups attached to an aromatic ring is 1. The molecule has 0 atom stereocenters. The average molecular weight is 222 g/mol. The maximum absolute atomic E-state index is 11.4. The highest BCUT2D eigenvalue weighted by molar-refractivity contribution is 5.97. The molecule has 0 bridgehead atoms. The zero-order valence-corrected chi connectivity index (χ0v) is 9.23. The van der Waals surface area contributed by atoms with Gasteiger partial charge in [0, 0.05) is 13.5 Å². The fourth-order valence-corrected chi connectivity index (χ4v) is 1.36. The van der Waals surface area contributed by atoms with Gasteiger partial charge in [-0.25, -0.2) is 4.79 Å². The molecule has 0 fully saturated rings. The van der Waals surface area contributed by atoms with Crippen LogP contribution in [0.2, 0.25) is 0 Å². The largest absolute Gasteiger partial charge is 0.478 e. The van der Waals surface area contributed by atoms with Gasteiger partial charge in [-0.1, -0.05) is 6.92 Å². The standard InChI is InChI=1S/C11H14N2O3/c1-3-10(14)13(2)9-5-4-7(11(15)16)6-8(9)12/h4-6H,3,12H2,1-2H3,(H,15,16). The van der Waals surface area contributed by atoms with Gasteiger partial charge >= 0.3 is 5.97 Å². The van der Waals surface area contributed by atoms with Crippen molar-refractivity contribution in [2.24, 2.45) is 0 Å². The van der Waals surface area contributed by atoms with E-state index < -0.39 is 5.97 Å². The normalized spacial score (nSPS) is 9.88. The van der Waals surface area contributed by atoms with E-state index in [1.165, 1.54) is 23.1 Å². The van der Waals surface area contributed by atoms with Crippen LogP contribution in [0.5, 0.6) is 0 Å². The van der Waals surface area contributed by atoms with Gasteiger partial charge in [0.1, 0.15) is 0 Å². The molecule has 0 saturated heterocycles. The summed E-state index contributed by atoms with van der Waals surface area (Å²) in [5.74, 6) is -1.11. The van der Waals surface area contributed by atoms with Gasteiger partial charge in [0.15, 0.2) is 0 Å². The third-order valence-electron chi connectivity index (χ3n) is 2.31. The van der Waals surface area contributed by atoms with E-state index in [2.05, 4.69) is 0 Å². The van der Waals surface area contributed by atoms with Crippen LogP contribution in [0.25, 0.3) is 0 Å². The van der Waals surface area contributed by atoms with Crippen LogP contribution in [-0.4, -0.2) is 24.0 Å². The number of hydrogen-bond donors (Lipinski definition) is 2. The predicted octanol–water partition coefficient (Wildman–Crippen LogP) is 1.34. The molecule has 5 heteroatoms. The number of nitrogens with two attached hydrogens (primary N) is 1. The second kappa shape index (κ2) is 4.65. The topological polar surface area (TPSA) is 83.6 Å². The molecular weight excluding hydrogens is 208 g/mol. The Labute approximate surface area is 93.5 Å². The Morgan fingerprint density at radius 2 is 2.06 bits per heavy atom. The second-order valence-corrected chi connectivity index (χ2v) is 3.39. The summed E-state index contributed by atoms with van der Waals surface area (Å²) in [5.41, 5.74) is 6.61. The fourth-order valence-electron chi connectivity index (χ4n) is 1.36. The summed E-state index contributed by atoms with van der Waals surface area (Å²) in [7, 11) is 1.61. The van der Waals surface area contributed by atoms with Gasteiger partial charge in [0.25, 0.3) is 0 Å². The Morgan fingerprint density at radius 3 is 2.50 bits per heavy atom. The lowest BCUT2D eigenvalue weighted by Crippen LogP contribution is -2.26. The summed E-state index contributed by atoms with van der Waals surface area (Å²) in [4.78, 5) is 23.5. The number of aromatic carboxylic acids is 1. The van der Waals surface area contributed by atoms with Gasteiger partial charge in [-0.05, 0) is 18.2 Å². The molecule has 86 valence electrons. The van der Waals surface area contributed by atoms with Crippen LogP contribution in [-0.2, 0) is 4.79 Å². The number of amides is 1. The number of carbonyl (C=O) groups is 2. The van der Waals surface area contributed by atoms with E-state index in [0.29, 0.717) is 12.1 Å². The molecule has 0 spiro atoms. The molecule has 0 aliphatic carbocycles. The van der Waals surface area contributed by atoms with E-state index in [1.807, 2.05) is 0 Å². The van der Waals surface area contributed by atoms with Gasteiger partial charge in [0.2, 0.25) is 5.91 Å². The fraction of sp³-hybridized carbons (Fsp3) is 0.273. The first-order valence-electron chi connectivity index (χ1n) is 4.86. The Hall–Kier alpha value is -2.04. The highest BCUT2D eigenvalue weighted by atomic mass is 16.4. The summed E-state index contributed by atoms with van der Waals surface area (Å²) < 4.78 is 0. The number of benzene rings is 1. The molecule has 0 radical (unpaired) electrons. The summed E-state index contributed by atoms with van der Waals surface area (Å²) in [5, 5.41) is 8.76. The van der Waals surface area contributed by atoms with Crippen molar-refractivity contribution in [3.63, 3.8) is 0 Å². The predicted molar refractivity (Wildman–Crippen MR) is 61.5 cm³/mol. The third kappa shape index (κ3) is 2.31. The highest BCUT2D eigenvalue weighted by Crippen LogP contribution is 2.23. The van der Waals surface area contributed by atoms with Crippen molar-refractivity contribution in [3.8, 4) is 0 Å². The lowest BCUT2D eigenvalue weighted by molar-refractivity contribution is -0.118. The minimum absolute atomic E-state index is 0.0743. The van der Waals surface area contributed by atoms with Gasteiger partial charge in [0.05, 0.1) is 16.9 Å². The van der Waals surface area contributed by atoms with Crippen LogP contribution in [0, 0.1) is 0 Å². The molecule has 1 aromatic carbocycles. The molecule has 0 heterocycles. The molecule has 0 unspecified atom stereocenters. The minimum Gasteiger partial charge on any atom is -0.478 e. The molecule has 0 aliphatic rings. The number of carboxylic acids is 1. The Balaban J connectivity index is 3.08.